The Hall–Kier alpha value is -3.87. The minimum atomic E-state index is -0.180. The molecule has 0 saturated heterocycles. The van der Waals surface area contributed by atoms with Gasteiger partial charge < -0.3 is 14.2 Å². The number of hydrogen-bond acceptors (Lipinski definition) is 5. The molecule has 1 N–H and O–H groups in total. The van der Waals surface area contributed by atoms with Gasteiger partial charge in [-0.1, -0.05) is 49.3 Å². The lowest BCUT2D eigenvalue weighted by Crippen LogP contribution is -2.16. The fourth-order valence-electron chi connectivity index (χ4n) is 4.77. The average Bonchev–Trinajstić information content (AvgIpc) is 3.36. The number of nitrogens with one attached hydrogen (secondary N) is 1. The first kappa shape index (κ1) is 21.0. The first-order valence-corrected chi connectivity index (χ1v) is 11.0. The standard InChI is InChI=1S/C26H26N4O3/c1-14(2)23(17-9-7-6-8-10-17)25-27-13-22-28-26(31)18-11-19(24-15(3)29-33-16(24)4)21(32-5)12-20(18)30(22)25/h6-14,23H,1-5H3,(H,28,31). The fraction of sp³-hybridized carbons (Fsp3) is 0.269. The van der Waals surface area contributed by atoms with Gasteiger partial charge in [0.2, 0.25) is 0 Å². The molecule has 0 fully saturated rings. The molecule has 3 heterocycles. The Kier molecular flexibility index (Phi) is 5.04. The quantitative estimate of drug-likeness (QED) is 0.402. The van der Waals surface area contributed by atoms with E-state index in [1.54, 1.807) is 13.3 Å². The number of rotatable bonds is 5. The second-order valence-corrected chi connectivity index (χ2v) is 8.69. The lowest BCUT2D eigenvalue weighted by atomic mass is 9.87. The Labute approximate surface area is 191 Å². The van der Waals surface area contributed by atoms with Gasteiger partial charge in [0.05, 0.1) is 35.5 Å². The maximum absolute atomic E-state index is 13.1. The molecule has 0 aliphatic rings. The van der Waals surface area contributed by atoms with Crippen LogP contribution >= 0.6 is 0 Å². The van der Waals surface area contributed by atoms with Crippen LogP contribution < -0.4 is 10.3 Å². The molecule has 3 aromatic heterocycles. The molecule has 168 valence electrons. The van der Waals surface area contributed by atoms with E-state index < -0.39 is 0 Å². The Bertz CT molecular complexity index is 1510. The van der Waals surface area contributed by atoms with E-state index >= 15 is 0 Å². The number of hydrogen-bond donors (Lipinski definition) is 1. The van der Waals surface area contributed by atoms with Crippen LogP contribution in [0, 0.1) is 19.8 Å². The summed E-state index contributed by atoms with van der Waals surface area (Å²) in [6, 6.07) is 14.1. The van der Waals surface area contributed by atoms with Crippen molar-refractivity contribution >= 4 is 16.6 Å². The number of imidazole rings is 1. The normalized spacial score (nSPS) is 12.7. The van der Waals surface area contributed by atoms with Crippen LogP contribution in [0.15, 0.2) is 58.0 Å². The number of benzene rings is 2. The number of nitrogens with zero attached hydrogens (tertiary/aromatic N) is 3. The predicted molar refractivity (Wildman–Crippen MR) is 128 cm³/mol. The maximum atomic E-state index is 13.1. The fourth-order valence-corrected chi connectivity index (χ4v) is 4.77. The zero-order chi connectivity index (χ0) is 23.3. The van der Waals surface area contributed by atoms with Gasteiger partial charge in [0.25, 0.3) is 5.56 Å². The van der Waals surface area contributed by atoms with Crippen LogP contribution in [-0.2, 0) is 0 Å². The number of H-pyrrole nitrogens is 1. The first-order valence-electron chi connectivity index (χ1n) is 11.0. The van der Waals surface area contributed by atoms with E-state index in [2.05, 4.69) is 36.1 Å². The zero-order valence-electron chi connectivity index (χ0n) is 19.3. The summed E-state index contributed by atoms with van der Waals surface area (Å²) in [6.45, 7) is 8.10. The maximum Gasteiger partial charge on any atom is 0.258 e. The van der Waals surface area contributed by atoms with Gasteiger partial charge in [-0.05, 0) is 31.4 Å². The smallest absolute Gasteiger partial charge is 0.258 e. The summed E-state index contributed by atoms with van der Waals surface area (Å²) in [7, 11) is 1.63. The number of fused-ring (bicyclic) bond motifs is 3. The summed E-state index contributed by atoms with van der Waals surface area (Å²) in [6.07, 6.45) is 1.73. The monoisotopic (exact) mass is 442 g/mol. The van der Waals surface area contributed by atoms with Crippen LogP contribution in [0.2, 0.25) is 0 Å². The van der Waals surface area contributed by atoms with Gasteiger partial charge in [0.15, 0.2) is 0 Å². The highest BCUT2D eigenvalue weighted by atomic mass is 16.5. The molecule has 7 heteroatoms. The number of aromatic amines is 1. The molecule has 7 nitrogen and oxygen atoms in total. The third-order valence-electron chi connectivity index (χ3n) is 6.24. The predicted octanol–water partition coefficient (Wildman–Crippen LogP) is 5.24. The molecule has 5 rings (SSSR count). The highest BCUT2D eigenvalue weighted by Crippen LogP contribution is 2.38. The Morgan fingerprint density at radius 2 is 1.88 bits per heavy atom. The summed E-state index contributed by atoms with van der Waals surface area (Å²) < 4.78 is 13.2. The van der Waals surface area contributed by atoms with Crippen LogP contribution in [0.4, 0.5) is 0 Å². The molecule has 1 atom stereocenters. The van der Waals surface area contributed by atoms with Crippen molar-refractivity contribution in [3.63, 3.8) is 0 Å². The Morgan fingerprint density at radius 1 is 1.12 bits per heavy atom. The molecule has 5 aromatic rings. The number of aryl methyl sites for hydroxylation is 2. The van der Waals surface area contributed by atoms with E-state index in [1.807, 2.05) is 48.6 Å². The van der Waals surface area contributed by atoms with Crippen molar-refractivity contribution in [3.05, 3.63) is 81.9 Å². The molecular formula is C26H26N4O3. The van der Waals surface area contributed by atoms with E-state index in [4.69, 9.17) is 14.2 Å². The zero-order valence-corrected chi connectivity index (χ0v) is 19.3. The lowest BCUT2D eigenvalue weighted by molar-refractivity contribution is 0.393. The Balaban J connectivity index is 1.85. The van der Waals surface area contributed by atoms with E-state index in [1.165, 1.54) is 5.56 Å². The lowest BCUT2D eigenvalue weighted by Gasteiger charge is -2.21. The number of methoxy groups -OCH3 is 1. The van der Waals surface area contributed by atoms with E-state index in [0.717, 1.165) is 28.2 Å². The van der Waals surface area contributed by atoms with Gasteiger partial charge >= 0.3 is 0 Å². The van der Waals surface area contributed by atoms with Crippen molar-refractivity contribution in [2.24, 2.45) is 5.92 Å². The summed E-state index contributed by atoms with van der Waals surface area (Å²) in [5, 5.41) is 4.62. The molecule has 2 aromatic carbocycles. The molecular weight excluding hydrogens is 416 g/mol. The van der Waals surface area contributed by atoms with E-state index in [0.29, 0.717) is 28.5 Å². The summed E-state index contributed by atoms with van der Waals surface area (Å²) >= 11 is 0. The molecule has 33 heavy (non-hydrogen) atoms. The van der Waals surface area contributed by atoms with Gasteiger partial charge in [-0.2, -0.15) is 0 Å². The topological polar surface area (TPSA) is 85.4 Å². The van der Waals surface area contributed by atoms with E-state index in [9.17, 15) is 4.79 Å². The van der Waals surface area contributed by atoms with Crippen LogP contribution in [-0.4, -0.2) is 26.6 Å². The molecule has 0 amide bonds. The van der Waals surface area contributed by atoms with Crippen molar-refractivity contribution in [1.29, 1.82) is 0 Å². The minimum absolute atomic E-state index is 0.0519. The second kappa shape index (κ2) is 7.92. The third-order valence-corrected chi connectivity index (χ3v) is 6.24. The number of aromatic nitrogens is 4. The van der Waals surface area contributed by atoms with Crippen molar-refractivity contribution in [1.82, 2.24) is 19.5 Å². The molecule has 0 radical (unpaired) electrons. The summed E-state index contributed by atoms with van der Waals surface area (Å²) in [5.41, 5.74) is 4.75. The third kappa shape index (κ3) is 3.31. The van der Waals surface area contributed by atoms with Gasteiger partial charge in [-0.15, -0.1) is 0 Å². The second-order valence-electron chi connectivity index (χ2n) is 8.69. The summed E-state index contributed by atoms with van der Waals surface area (Å²) in [4.78, 5) is 20.9. The molecule has 0 saturated carbocycles. The highest BCUT2D eigenvalue weighted by Gasteiger charge is 2.25. The van der Waals surface area contributed by atoms with Crippen molar-refractivity contribution in [2.75, 3.05) is 7.11 Å². The molecule has 0 aliphatic heterocycles. The molecule has 0 aliphatic carbocycles. The summed E-state index contributed by atoms with van der Waals surface area (Å²) in [5.74, 6) is 2.54. The highest BCUT2D eigenvalue weighted by molar-refractivity contribution is 5.90. The number of ether oxygens (including phenoxy) is 1. The van der Waals surface area contributed by atoms with Crippen LogP contribution in [0.25, 0.3) is 27.7 Å². The first-order chi connectivity index (χ1) is 15.9. The van der Waals surface area contributed by atoms with Gasteiger partial charge in [-0.25, -0.2) is 4.98 Å². The van der Waals surface area contributed by atoms with Crippen LogP contribution in [0.5, 0.6) is 5.75 Å². The minimum Gasteiger partial charge on any atom is -0.496 e. The van der Waals surface area contributed by atoms with Crippen molar-refractivity contribution in [3.8, 4) is 16.9 Å². The van der Waals surface area contributed by atoms with Crippen molar-refractivity contribution in [2.45, 2.75) is 33.6 Å². The molecule has 0 bridgehead atoms. The van der Waals surface area contributed by atoms with Gasteiger partial charge in [-0.3, -0.25) is 9.20 Å². The molecule has 0 spiro atoms. The van der Waals surface area contributed by atoms with Crippen LogP contribution in [0.3, 0.4) is 0 Å². The SMILES string of the molecule is COc1cc2c(cc1-c1c(C)noc1C)c(=O)[nH]c1cnc(C(c3ccccc3)C(C)C)n12. The van der Waals surface area contributed by atoms with E-state index in [-0.39, 0.29) is 11.5 Å². The molecule has 1 unspecified atom stereocenters. The van der Waals surface area contributed by atoms with Crippen molar-refractivity contribution < 1.29 is 9.26 Å². The van der Waals surface area contributed by atoms with Gasteiger partial charge in [0.1, 0.15) is 23.0 Å². The average molecular weight is 443 g/mol. The Morgan fingerprint density at radius 3 is 2.52 bits per heavy atom. The van der Waals surface area contributed by atoms with Gasteiger partial charge in [0, 0.05) is 17.5 Å². The largest absolute Gasteiger partial charge is 0.496 e. The van der Waals surface area contributed by atoms with Crippen LogP contribution in [0.1, 0.15) is 42.6 Å².